The Labute approximate surface area is 139 Å². The SMILES string of the molecule is CCOc1cc(C(=O)Nc2cccc(O)c2)cc(Cl)c1OCC. The van der Waals surface area contributed by atoms with Crippen molar-refractivity contribution in [3.05, 3.63) is 47.0 Å². The van der Waals surface area contributed by atoms with Crippen molar-refractivity contribution in [3.8, 4) is 17.2 Å². The fraction of sp³-hybridized carbons (Fsp3) is 0.235. The van der Waals surface area contributed by atoms with Crippen LogP contribution < -0.4 is 14.8 Å². The summed E-state index contributed by atoms with van der Waals surface area (Å²) in [6, 6.07) is 9.40. The Hall–Kier alpha value is -2.40. The molecule has 0 saturated carbocycles. The zero-order valence-corrected chi connectivity index (χ0v) is 13.7. The van der Waals surface area contributed by atoms with Gasteiger partial charge in [0.25, 0.3) is 5.91 Å². The first kappa shape index (κ1) is 17.0. The summed E-state index contributed by atoms with van der Waals surface area (Å²) < 4.78 is 11.0. The summed E-state index contributed by atoms with van der Waals surface area (Å²) >= 11 is 6.20. The predicted molar refractivity (Wildman–Crippen MR) is 89.9 cm³/mol. The highest BCUT2D eigenvalue weighted by Gasteiger charge is 2.16. The van der Waals surface area contributed by atoms with Crippen LogP contribution in [-0.4, -0.2) is 24.2 Å². The molecule has 0 fully saturated rings. The van der Waals surface area contributed by atoms with Gasteiger partial charge in [0.05, 0.1) is 18.2 Å². The van der Waals surface area contributed by atoms with Gasteiger partial charge in [-0.15, -0.1) is 0 Å². The molecule has 2 rings (SSSR count). The minimum absolute atomic E-state index is 0.0718. The Kier molecular flexibility index (Phi) is 5.71. The molecule has 6 heteroatoms. The summed E-state index contributed by atoms with van der Waals surface area (Å²) in [6.45, 7) is 4.54. The van der Waals surface area contributed by atoms with E-state index in [2.05, 4.69) is 5.32 Å². The number of phenols is 1. The number of benzene rings is 2. The molecule has 0 atom stereocenters. The molecule has 122 valence electrons. The summed E-state index contributed by atoms with van der Waals surface area (Å²) in [5, 5.41) is 12.4. The number of nitrogens with one attached hydrogen (secondary N) is 1. The molecule has 0 bridgehead atoms. The predicted octanol–water partition coefficient (Wildman–Crippen LogP) is 4.10. The van der Waals surface area contributed by atoms with Crippen LogP contribution in [0.1, 0.15) is 24.2 Å². The first-order chi connectivity index (χ1) is 11.0. The average molecular weight is 336 g/mol. The fourth-order valence-electron chi connectivity index (χ4n) is 2.03. The molecule has 2 aromatic carbocycles. The minimum Gasteiger partial charge on any atom is -0.508 e. The second-order valence-corrected chi connectivity index (χ2v) is 5.06. The number of ether oxygens (including phenoxy) is 2. The van der Waals surface area contributed by atoms with Crippen molar-refractivity contribution in [1.82, 2.24) is 0 Å². The van der Waals surface area contributed by atoms with E-state index in [0.29, 0.717) is 41.0 Å². The first-order valence-corrected chi connectivity index (χ1v) is 7.62. The van der Waals surface area contributed by atoms with E-state index in [1.54, 1.807) is 18.2 Å². The largest absolute Gasteiger partial charge is 0.508 e. The maximum Gasteiger partial charge on any atom is 0.255 e. The van der Waals surface area contributed by atoms with Gasteiger partial charge in [0.15, 0.2) is 11.5 Å². The highest BCUT2D eigenvalue weighted by atomic mass is 35.5. The zero-order valence-electron chi connectivity index (χ0n) is 12.9. The molecule has 0 aliphatic rings. The van der Waals surface area contributed by atoms with Gasteiger partial charge in [-0.3, -0.25) is 4.79 Å². The Bertz CT molecular complexity index is 703. The molecule has 0 aliphatic carbocycles. The Morgan fingerprint density at radius 2 is 1.91 bits per heavy atom. The normalized spacial score (nSPS) is 10.2. The smallest absolute Gasteiger partial charge is 0.255 e. The van der Waals surface area contributed by atoms with Gasteiger partial charge in [-0.1, -0.05) is 17.7 Å². The van der Waals surface area contributed by atoms with E-state index in [1.165, 1.54) is 18.2 Å². The van der Waals surface area contributed by atoms with Crippen LogP contribution in [0.3, 0.4) is 0 Å². The number of hydrogen-bond donors (Lipinski definition) is 2. The van der Waals surface area contributed by atoms with Crippen LogP contribution in [0.5, 0.6) is 17.2 Å². The molecule has 0 spiro atoms. The molecule has 0 aromatic heterocycles. The summed E-state index contributed by atoms with van der Waals surface area (Å²) in [5.41, 5.74) is 0.822. The average Bonchev–Trinajstić information content (AvgIpc) is 2.50. The van der Waals surface area contributed by atoms with Gasteiger partial charge in [0.1, 0.15) is 5.75 Å². The van der Waals surface area contributed by atoms with Gasteiger partial charge in [-0.25, -0.2) is 0 Å². The van der Waals surface area contributed by atoms with Crippen molar-refractivity contribution in [1.29, 1.82) is 0 Å². The molecule has 0 unspecified atom stereocenters. The van der Waals surface area contributed by atoms with Crippen LogP contribution in [0.4, 0.5) is 5.69 Å². The lowest BCUT2D eigenvalue weighted by molar-refractivity contribution is 0.102. The fourth-order valence-corrected chi connectivity index (χ4v) is 2.30. The van der Waals surface area contributed by atoms with E-state index in [1.807, 2.05) is 13.8 Å². The van der Waals surface area contributed by atoms with E-state index in [0.717, 1.165) is 0 Å². The van der Waals surface area contributed by atoms with E-state index in [-0.39, 0.29) is 11.7 Å². The molecule has 5 nitrogen and oxygen atoms in total. The lowest BCUT2D eigenvalue weighted by Gasteiger charge is -2.14. The van der Waals surface area contributed by atoms with Crippen molar-refractivity contribution < 1.29 is 19.4 Å². The second kappa shape index (κ2) is 7.74. The standard InChI is InChI=1S/C17H18ClNO4/c1-3-22-15-9-11(8-14(18)16(15)23-4-2)17(21)19-12-6-5-7-13(20)10-12/h5-10,20H,3-4H2,1-2H3,(H,19,21). The van der Waals surface area contributed by atoms with Crippen LogP contribution >= 0.6 is 11.6 Å². The molecule has 1 amide bonds. The zero-order chi connectivity index (χ0) is 16.8. The van der Waals surface area contributed by atoms with Crippen molar-refractivity contribution >= 4 is 23.2 Å². The second-order valence-electron chi connectivity index (χ2n) is 4.66. The number of carbonyl (C=O) groups excluding carboxylic acids is 1. The Morgan fingerprint density at radius 1 is 1.17 bits per heavy atom. The number of halogens is 1. The molecule has 0 radical (unpaired) electrons. The van der Waals surface area contributed by atoms with Crippen LogP contribution in [0.2, 0.25) is 5.02 Å². The van der Waals surface area contributed by atoms with E-state index in [4.69, 9.17) is 21.1 Å². The van der Waals surface area contributed by atoms with E-state index < -0.39 is 0 Å². The number of aromatic hydroxyl groups is 1. The molecular formula is C17H18ClNO4. The van der Waals surface area contributed by atoms with Crippen molar-refractivity contribution in [3.63, 3.8) is 0 Å². The quantitative estimate of drug-likeness (QED) is 0.834. The molecule has 2 N–H and O–H groups in total. The number of hydrogen-bond acceptors (Lipinski definition) is 4. The van der Waals surface area contributed by atoms with Gasteiger partial charge in [-0.05, 0) is 38.1 Å². The Morgan fingerprint density at radius 3 is 2.57 bits per heavy atom. The summed E-state index contributed by atoms with van der Waals surface area (Å²) in [7, 11) is 0. The van der Waals surface area contributed by atoms with Gasteiger partial charge in [0.2, 0.25) is 0 Å². The Balaban J connectivity index is 2.29. The third-order valence-corrected chi connectivity index (χ3v) is 3.25. The van der Waals surface area contributed by atoms with Crippen LogP contribution in [-0.2, 0) is 0 Å². The number of amides is 1. The highest BCUT2D eigenvalue weighted by Crippen LogP contribution is 2.37. The highest BCUT2D eigenvalue weighted by molar-refractivity contribution is 6.32. The van der Waals surface area contributed by atoms with Crippen LogP contribution in [0.25, 0.3) is 0 Å². The lowest BCUT2D eigenvalue weighted by atomic mass is 10.1. The number of rotatable bonds is 6. The van der Waals surface area contributed by atoms with E-state index in [9.17, 15) is 9.90 Å². The third kappa shape index (κ3) is 4.29. The van der Waals surface area contributed by atoms with Gasteiger partial charge in [0, 0.05) is 17.3 Å². The van der Waals surface area contributed by atoms with Gasteiger partial charge >= 0.3 is 0 Å². The van der Waals surface area contributed by atoms with Gasteiger partial charge < -0.3 is 19.9 Å². The third-order valence-electron chi connectivity index (χ3n) is 2.96. The van der Waals surface area contributed by atoms with Crippen molar-refractivity contribution in [2.45, 2.75) is 13.8 Å². The topological polar surface area (TPSA) is 67.8 Å². The van der Waals surface area contributed by atoms with Crippen LogP contribution in [0.15, 0.2) is 36.4 Å². The lowest BCUT2D eigenvalue weighted by Crippen LogP contribution is -2.12. The number of carbonyl (C=O) groups is 1. The number of phenolic OH excluding ortho intramolecular Hbond substituents is 1. The minimum atomic E-state index is -0.360. The molecule has 0 aliphatic heterocycles. The maximum atomic E-state index is 12.4. The first-order valence-electron chi connectivity index (χ1n) is 7.24. The summed E-state index contributed by atoms with van der Waals surface area (Å²) in [6.07, 6.45) is 0. The number of anilines is 1. The maximum absolute atomic E-state index is 12.4. The van der Waals surface area contributed by atoms with Crippen molar-refractivity contribution in [2.75, 3.05) is 18.5 Å². The molecule has 0 heterocycles. The summed E-state index contributed by atoms with van der Waals surface area (Å²) in [5.74, 6) is 0.553. The molecule has 2 aromatic rings. The molecule has 0 saturated heterocycles. The molecule has 23 heavy (non-hydrogen) atoms. The van der Waals surface area contributed by atoms with Crippen LogP contribution in [0, 0.1) is 0 Å². The monoisotopic (exact) mass is 335 g/mol. The van der Waals surface area contributed by atoms with Gasteiger partial charge in [-0.2, -0.15) is 0 Å². The van der Waals surface area contributed by atoms with E-state index >= 15 is 0 Å². The summed E-state index contributed by atoms with van der Waals surface area (Å²) in [4.78, 5) is 12.4. The molecular weight excluding hydrogens is 318 g/mol. The van der Waals surface area contributed by atoms with Crippen molar-refractivity contribution in [2.24, 2.45) is 0 Å².